The fourth-order valence-electron chi connectivity index (χ4n) is 1.23. The topological polar surface area (TPSA) is 61.8 Å². The van der Waals surface area contributed by atoms with Gasteiger partial charge in [-0.3, -0.25) is 4.79 Å². The van der Waals surface area contributed by atoms with Crippen LogP contribution in [0.25, 0.3) is 0 Å². The van der Waals surface area contributed by atoms with Crippen LogP contribution in [0.15, 0.2) is 12.2 Å². The van der Waals surface area contributed by atoms with Crippen molar-refractivity contribution in [1.29, 1.82) is 0 Å². The Morgan fingerprint density at radius 3 is 2.24 bits per heavy atom. The molecule has 0 saturated heterocycles. The van der Waals surface area contributed by atoms with Gasteiger partial charge >= 0.3 is 11.9 Å². The van der Waals surface area contributed by atoms with E-state index in [9.17, 15) is 9.59 Å². The van der Waals surface area contributed by atoms with Crippen LogP contribution in [0.1, 0.15) is 34.6 Å². The average molecular weight is 316 g/mol. The van der Waals surface area contributed by atoms with E-state index < -0.39 is 26.4 Å². The predicted octanol–water partition coefficient (Wildman–Crippen LogP) is 3.06. The van der Waals surface area contributed by atoms with Crippen molar-refractivity contribution in [3.63, 3.8) is 0 Å². The summed E-state index contributed by atoms with van der Waals surface area (Å²) >= 11 is 0. The van der Waals surface area contributed by atoms with Crippen molar-refractivity contribution in [3.8, 4) is 0 Å². The predicted molar refractivity (Wildman–Crippen MR) is 84.5 cm³/mol. The van der Waals surface area contributed by atoms with Crippen LogP contribution in [-0.2, 0) is 23.5 Å². The molecule has 0 heterocycles. The fourth-order valence-corrected chi connectivity index (χ4v) is 2.24. The van der Waals surface area contributed by atoms with Gasteiger partial charge < -0.3 is 13.9 Å². The normalized spacial score (nSPS) is 14.0. The zero-order valence-electron chi connectivity index (χ0n) is 14.2. The minimum atomic E-state index is -1.93. The molecule has 0 aliphatic rings. The maximum atomic E-state index is 11.3. The Kier molecular flexibility index (Phi) is 7.88. The lowest BCUT2D eigenvalue weighted by Crippen LogP contribution is -2.43. The van der Waals surface area contributed by atoms with Gasteiger partial charge in [-0.15, -0.1) is 0 Å². The van der Waals surface area contributed by atoms with Gasteiger partial charge in [0.2, 0.25) is 0 Å². The van der Waals surface area contributed by atoms with Gasteiger partial charge in [-0.1, -0.05) is 20.8 Å². The lowest BCUT2D eigenvalue weighted by molar-refractivity contribution is -0.146. The summed E-state index contributed by atoms with van der Waals surface area (Å²) in [4.78, 5) is 22.4. The van der Waals surface area contributed by atoms with E-state index >= 15 is 0 Å². The van der Waals surface area contributed by atoms with Crippen LogP contribution in [0, 0.1) is 0 Å². The summed E-state index contributed by atoms with van der Waals surface area (Å²) in [6.45, 7) is 14.2. The molecule has 0 saturated carbocycles. The average Bonchev–Trinajstić information content (AvgIpc) is 2.31. The van der Waals surface area contributed by atoms with Crippen molar-refractivity contribution in [3.05, 3.63) is 12.2 Å². The smallest absolute Gasteiger partial charge is 0.330 e. The zero-order valence-corrected chi connectivity index (χ0v) is 15.2. The second-order valence-electron chi connectivity index (χ2n) is 6.33. The van der Waals surface area contributed by atoms with Gasteiger partial charge in [-0.2, -0.15) is 0 Å². The molecular formula is C15H28O5Si. The van der Waals surface area contributed by atoms with Crippen molar-refractivity contribution in [2.24, 2.45) is 0 Å². The van der Waals surface area contributed by atoms with Crippen LogP contribution in [-0.4, -0.2) is 39.6 Å². The first kappa shape index (κ1) is 19.9. The molecule has 0 rings (SSSR count). The molecule has 0 fully saturated rings. The molecule has 0 spiro atoms. The first-order valence-corrected chi connectivity index (χ1v) is 10.1. The van der Waals surface area contributed by atoms with Gasteiger partial charge in [0.15, 0.2) is 8.32 Å². The Morgan fingerprint density at radius 2 is 1.81 bits per heavy atom. The summed E-state index contributed by atoms with van der Waals surface area (Å²) in [5.74, 6) is -0.866. The Labute approximate surface area is 128 Å². The monoisotopic (exact) mass is 316 g/mol. The highest BCUT2D eigenvalue weighted by Crippen LogP contribution is 2.36. The molecule has 0 aromatic carbocycles. The van der Waals surface area contributed by atoms with E-state index in [0.717, 1.165) is 0 Å². The van der Waals surface area contributed by atoms with E-state index in [1.54, 1.807) is 6.92 Å². The lowest BCUT2D eigenvalue weighted by atomic mass is 10.2. The Hall–Kier alpha value is -1.14. The summed E-state index contributed by atoms with van der Waals surface area (Å²) in [6, 6.07) is 0. The Bertz CT molecular complexity index is 382. The van der Waals surface area contributed by atoms with E-state index in [-0.39, 0.29) is 11.6 Å². The molecule has 6 heteroatoms. The standard InChI is InChI=1S/C15H28O5Si/c1-8-18-14(17)10-9-13(20-12(2)16)11-19-21(6,7)15(3,4)5/h9-10,13H,8,11H2,1-7H3/b10-9+/t13-/m0/s1. The first-order chi connectivity index (χ1) is 9.49. The summed E-state index contributed by atoms with van der Waals surface area (Å²) in [7, 11) is -1.93. The van der Waals surface area contributed by atoms with E-state index in [1.165, 1.54) is 19.1 Å². The Morgan fingerprint density at radius 1 is 1.24 bits per heavy atom. The summed E-state index contributed by atoms with van der Waals surface area (Å²) in [5, 5.41) is 0.0681. The molecule has 0 N–H and O–H groups in total. The highest BCUT2D eigenvalue weighted by atomic mass is 28.4. The highest BCUT2D eigenvalue weighted by Gasteiger charge is 2.37. The quantitative estimate of drug-likeness (QED) is 0.410. The van der Waals surface area contributed by atoms with Gasteiger partial charge in [-0.05, 0) is 31.1 Å². The van der Waals surface area contributed by atoms with E-state index in [4.69, 9.17) is 13.9 Å². The van der Waals surface area contributed by atoms with Crippen LogP contribution < -0.4 is 0 Å². The molecule has 0 aromatic rings. The van der Waals surface area contributed by atoms with Crippen molar-refractivity contribution in [2.45, 2.75) is 58.9 Å². The van der Waals surface area contributed by atoms with Gasteiger partial charge in [0.1, 0.15) is 6.10 Å². The molecule has 0 amide bonds. The van der Waals surface area contributed by atoms with Gasteiger partial charge in [0.05, 0.1) is 13.2 Å². The van der Waals surface area contributed by atoms with Crippen LogP contribution in [0.4, 0.5) is 0 Å². The number of ether oxygens (including phenoxy) is 2. The van der Waals surface area contributed by atoms with Crippen molar-refractivity contribution in [1.82, 2.24) is 0 Å². The van der Waals surface area contributed by atoms with Crippen molar-refractivity contribution < 1.29 is 23.5 Å². The van der Waals surface area contributed by atoms with E-state index in [0.29, 0.717) is 6.61 Å². The van der Waals surface area contributed by atoms with Gasteiger partial charge in [0.25, 0.3) is 0 Å². The van der Waals surface area contributed by atoms with Gasteiger partial charge in [-0.25, -0.2) is 4.79 Å². The molecule has 0 aliphatic heterocycles. The number of hydrogen-bond acceptors (Lipinski definition) is 5. The molecular weight excluding hydrogens is 288 g/mol. The summed E-state index contributed by atoms with van der Waals surface area (Å²) in [5.41, 5.74) is 0. The number of hydrogen-bond donors (Lipinski definition) is 0. The van der Waals surface area contributed by atoms with E-state index in [1.807, 2.05) is 0 Å². The van der Waals surface area contributed by atoms with Gasteiger partial charge in [0, 0.05) is 13.0 Å². The zero-order chi connectivity index (χ0) is 16.7. The first-order valence-electron chi connectivity index (χ1n) is 7.15. The maximum absolute atomic E-state index is 11.3. The van der Waals surface area contributed by atoms with Crippen LogP contribution in [0.2, 0.25) is 18.1 Å². The van der Waals surface area contributed by atoms with Crippen LogP contribution in [0.5, 0.6) is 0 Å². The third-order valence-corrected chi connectivity index (χ3v) is 7.97. The van der Waals surface area contributed by atoms with Crippen LogP contribution in [0.3, 0.4) is 0 Å². The molecule has 1 atom stereocenters. The molecule has 0 radical (unpaired) electrons. The largest absolute Gasteiger partial charge is 0.463 e. The molecule has 0 bridgehead atoms. The molecule has 0 aliphatic carbocycles. The number of rotatable bonds is 7. The molecule has 21 heavy (non-hydrogen) atoms. The highest BCUT2D eigenvalue weighted by molar-refractivity contribution is 6.74. The van der Waals surface area contributed by atoms with Crippen molar-refractivity contribution >= 4 is 20.3 Å². The number of carbonyl (C=O) groups is 2. The molecule has 122 valence electrons. The molecule has 0 aromatic heterocycles. The fraction of sp³-hybridized carbons (Fsp3) is 0.733. The third-order valence-electron chi connectivity index (χ3n) is 3.47. The lowest BCUT2D eigenvalue weighted by Gasteiger charge is -2.36. The van der Waals surface area contributed by atoms with Crippen LogP contribution >= 0.6 is 0 Å². The maximum Gasteiger partial charge on any atom is 0.330 e. The minimum Gasteiger partial charge on any atom is -0.463 e. The second-order valence-corrected chi connectivity index (χ2v) is 11.1. The summed E-state index contributed by atoms with van der Waals surface area (Å²) in [6.07, 6.45) is 2.19. The molecule has 0 unspecified atom stereocenters. The number of carbonyl (C=O) groups excluding carboxylic acids is 2. The second kappa shape index (κ2) is 8.34. The Balaban J connectivity index is 4.71. The SMILES string of the molecule is CCOC(=O)/C=C/[C@@H](CO[Si](C)(C)C(C)(C)C)OC(C)=O. The minimum absolute atomic E-state index is 0.0681. The number of esters is 2. The van der Waals surface area contributed by atoms with Crippen molar-refractivity contribution in [2.75, 3.05) is 13.2 Å². The molecule has 5 nitrogen and oxygen atoms in total. The third kappa shape index (κ3) is 8.01. The summed E-state index contributed by atoms with van der Waals surface area (Å²) < 4.78 is 16.0. The van der Waals surface area contributed by atoms with E-state index in [2.05, 4.69) is 33.9 Å².